The average molecular weight is 647 g/mol. The fraction of sp³-hybridized carbons (Fsp3) is 0.973. The van der Waals surface area contributed by atoms with Crippen LogP contribution in [0.4, 0.5) is 0 Å². The standard InChI is InChI=1S/C37H62N2O5S/c1-33(2)29-11-9-24-26-18-28-25(8-10-27(43-28)32(34(3,4)40)38-45(6)7)35(26,5)14-15-36(24)22-37(29,36)13-12-30(33)44-31-19-39(16-17-42-31)23-20-41-21-23/h23-32,38,40H,6,8-22H2,1-5,7H3/t24?,25-,26?,27+,28+,29-,30-,31?,32-,35?,36?,37?,45?/m0/s1. The van der Waals surface area contributed by atoms with Crippen LogP contribution in [0, 0.1) is 45.3 Å². The van der Waals surface area contributed by atoms with Crippen LogP contribution in [-0.4, -0.2) is 97.3 Å². The smallest absolute Gasteiger partial charge is 0.170 e. The molecule has 3 aliphatic heterocycles. The van der Waals surface area contributed by atoms with Crippen molar-refractivity contribution in [3.8, 4) is 0 Å². The van der Waals surface area contributed by atoms with Gasteiger partial charge in [-0.3, -0.25) is 9.62 Å². The van der Waals surface area contributed by atoms with Gasteiger partial charge in [0.1, 0.15) is 0 Å². The molecule has 2 spiro atoms. The molecular weight excluding hydrogens is 584 g/mol. The van der Waals surface area contributed by atoms with Crippen LogP contribution in [0.15, 0.2) is 0 Å². The minimum atomic E-state index is -0.835. The van der Waals surface area contributed by atoms with Crippen molar-refractivity contribution in [2.24, 2.45) is 45.3 Å². The lowest BCUT2D eigenvalue weighted by Crippen LogP contribution is -2.58. The number of aliphatic hydroxyl groups is 1. The molecule has 0 amide bonds. The Hall–Kier alpha value is -0.0600. The molecule has 0 aromatic heterocycles. The molecule has 0 aromatic rings. The number of fused-ring (bicyclic) bond motifs is 4. The lowest BCUT2D eigenvalue weighted by atomic mass is 9.46. The second-order valence-electron chi connectivity index (χ2n) is 18.3. The lowest BCUT2D eigenvalue weighted by molar-refractivity contribution is -0.253. The van der Waals surface area contributed by atoms with Crippen LogP contribution in [0.1, 0.15) is 98.8 Å². The predicted octanol–water partition coefficient (Wildman–Crippen LogP) is 5.61. The zero-order valence-electron chi connectivity index (χ0n) is 29.0. The molecule has 3 saturated heterocycles. The molecule has 7 nitrogen and oxygen atoms in total. The zero-order valence-corrected chi connectivity index (χ0v) is 29.8. The molecule has 0 radical (unpaired) electrons. The number of ether oxygens (including phenoxy) is 4. The quantitative estimate of drug-likeness (QED) is 0.349. The van der Waals surface area contributed by atoms with E-state index in [1.807, 2.05) is 13.8 Å². The lowest BCUT2D eigenvalue weighted by Gasteiger charge is -2.60. The van der Waals surface area contributed by atoms with Gasteiger partial charge in [0.25, 0.3) is 0 Å². The highest BCUT2D eigenvalue weighted by molar-refractivity contribution is 8.11. The molecule has 45 heavy (non-hydrogen) atoms. The van der Waals surface area contributed by atoms with Gasteiger partial charge in [0, 0.05) is 6.54 Å². The van der Waals surface area contributed by atoms with E-state index < -0.39 is 5.60 Å². The van der Waals surface area contributed by atoms with Crippen LogP contribution >= 0.6 is 10.7 Å². The van der Waals surface area contributed by atoms with E-state index in [9.17, 15) is 5.11 Å². The van der Waals surface area contributed by atoms with E-state index >= 15 is 0 Å². The second-order valence-corrected chi connectivity index (χ2v) is 19.8. The Bertz CT molecular complexity index is 1170. The maximum atomic E-state index is 11.1. The Balaban J connectivity index is 0.967. The first-order chi connectivity index (χ1) is 21.3. The van der Waals surface area contributed by atoms with E-state index in [0.717, 1.165) is 57.1 Å². The third-order valence-corrected chi connectivity index (χ3v) is 16.2. The number of nitrogens with one attached hydrogen (secondary N) is 1. The van der Waals surface area contributed by atoms with Gasteiger partial charge < -0.3 is 24.1 Å². The zero-order chi connectivity index (χ0) is 31.6. The fourth-order valence-electron chi connectivity index (χ4n) is 13.3. The van der Waals surface area contributed by atoms with Gasteiger partial charge in [0.15, 0.2) is 6.29 Å². The molecule has 13 atom stereocenters. The minimum absolute atomic E-state index is 0.0574. The molecule has 8 fully saturated rings. The number of morpholine rings is 1. The van der Waals surface area contributed by atoms with Gasteiger partial charge in [0.2, 0.25) is 0 Å². The molecule has 5 aliphatic carbocycles. The topological polar surface area (TPSA) is 72.4 Å². The van der Waals surface area contributed by atoms with Crippen molar-refractivity contribution < 1.29 is 24.1 Å². The van der Waals surface area contributed by atoms with Gasteiger partial charge in [-0.1, -0.05) is 26.6 Å². The fourth-order valence-corrected chi connectivity index (χ4v) is 14.2. The van der Waals surface area contributed by atoms with Crippen molar-refractivity contribution >= 4 is 16.5 Å². The summed E-state index contributed by atoms with van der Waals surface area (Å²) in [6.07, 6.45) is 15.7. The third kappa shape index (κ3) is 4.87. The van der Waals surface area contributed by atoms with Crippen LogP contribution in [0.3, 0.4) is 0 Å². The van der Waals surface area contributed by atoms with Gasteiger partial charge >= 0.3 is 0 Å². The average Bonchev–Trinajstić information content (AvgIpc) is 3.52. The van der Waals surface area contributed by atoms with Crippen molar-refractivity contribution in [3.63, 3.8) is 0 Å². The highest BCUT2D eigenvalue weighted by Gasteiger charge is 2.80. The number of nitrogens with zero attached hydrogens (tertiary/aromatic N) is 1. The van der Waals surface area contributed by atoms with Crippen molar-refractivity contribution in [1.29, 1.82) is 0 Å². The summed E-state index contributed by atoms with van der Waals surface area (Å²) < 4.78 is 29.3. The van der Waals surface area contributed by atoms with Crippen molar-refractivity contribution in [2.45, 2.75) is 141 Å². The van der Waals surface area contributed by atoms with E-state index in [-0.39, 0.29) is 40.6 Å². The summed E-state index contributed by atoms with van der Waals surface area (Å²) >= 11 is 0. The number of hydrogen-bond donors (Lipinski definition) is 2. The Morgan fingerprint density at radius 3 is 2.49 bits per heavy atom. The second kappa shape index (κ2) is 11.0. The first-order valence-electron chi connectivity index (χ1n) is 18.5. The molecule has 8 aliphatic rings. The van der Waals surface area contributed by atoms with Crippen molar-refractivity contribution in [2.75, 3.05) is 39.2 Å². The number of hydrogen-bond acceptors (Lipinski definition) is 7. The SMILES string of the molecule is C=S(C)N[C@@H]([C@H]1CC[C@H]2[C@@H](CC3C4CC[C@H]5C(C)(C)[C@@H](OC6CN(C7COC7)CCO6)CCC56CC46CCC32C)O1)C(C)(C)O. The van der Waals surface area contributed by atoms with Crippen molar-refractivity contribution in [3.05, 3.63) is 0 Å². The Kier molecular flexibility index (Phi) is 7.84. The summed E-state index contributed by atoms with van der Waals surface area (Å²) in [4.78, 5) is 2.53. The summed E-state index contributed by atoms with van der Waals surface area (Å²) in [5.41, 5.74) is 0.787. The Morgan fingerprint density at radius 1 is 1.00 bits per heavy atom. The molecule has 5 saturated carbocycles. The third-order valence-electron chi connectivity index (χ3n) is 15.5. The normalized spacial score (nSPS) is 50.6. The van der Waals surface area contributed by atoms with Crippen LogP contribution in [0.5, 0.6) is 0 Å². The van der Waals surface area contributed by atoms with Gasteiger partial charge in [-0.25, -0.2) is 0 Å². The summed E-state index contributed by atoms with van der Waals surface area (Å²) in [7, 11) is -0.202. The largest absolute Gasteiger partial charge is 0.389 e. The van der Waals surface area contributed by atoms with E-state index in [1.54, 1.807) is 0 Å². The highest BCUT2D eigenvalue weighted by Crippen LogP contribution is 2.87. The predicted molar refractivity (Wildman–Crippen MR) is 180 cm³/mol. The molecule has 8 heteroatoms. The van der Waals surface area contributed by atoms with Crippen LogP contribution in [0.2, 0.25) is 0 Å². The molecule has 256 valence electrons. The molecule has 0 bridgehead atoms. The number of rotatable bonds is 7. The van der Waals surface area contributed by atoms with Gasteiger partial charge in [-0.2, -0.15) is 0 Å². The monoisotopic (exact) mass is 646 g/mol. The highest BCUT2D eigenvalue weighted by atomic mass is 32.2. The van der Waals surface area contributed by atoms with E-state index in [4.69, 9.17) is 18.9 Å². The Labute approximate surface area is 275 Å². The summed E-state index contributed by atoms with van der Waals surface area (Å²) in [6, 6.07) is 0.469. The van der Waals surface area contributed by atoms with Gasteiger partial charge in [-0.15, -0.1) is 10.7 Å². The summed E-state index contributed by atoms with van der Waals surface area (Å²) in [5, 5.41) is 11.1. The molecule has 3 heterocycles. The maximum absolute atomic E-state index is 11.1. The first-order valence-corrected chi connectivity index (χ1v) is 20.3. The van der Waals surface area contributed by atoms with Crippen LogP contribution in [0.25, 0.3) is 0 Å². The molecule has 8 rings (SSSR count). The minimum Gasteiger partial charge on any atom is -0.389 e. The molecular formula is C37H62N2O5S. The first kappa shape index (κ1) is 32.2. The Morgan fingerprint density at radius 2 is 1.78 bits per heavy atom. The van der Waals surface area contributed by atoms with Gasteiger partial charge in [0.05, 0.1) is 62.4 Å². The van der Waals surface area contributed by atoms with E-state index in [1.165, 1.54) is 57.8 Å². The summed E-state index contributed by atoms with van der Waals surface area (Å²) in [6.45, 7) is 16.0. The van der Waals surface area contributed by atoms with E-state index in [0.29, 0.717) is 34.3 Å². The van der Waals surface area contributed by atoms with Crippen LogP contribution in [-0.2, 0) is 18.9 Å². The van der Waals surface area contributed by atoms with Gasteiger partial charge in [-0.05, 0) is 130 Å². The van der Waals surface area contributed by atoms with Crippen LogP contribution < -0.4 is 4.72 Å². The molecule has 2 N–H and O–H groups in total. The maximum Gasteiger partial charge on any atom is 0.170 e. The summed E-state index contributed by atoms with van der Waals surface area (Å²) in [5.74, 6) is 7.23. The molecule has 0 aromatic carbocycles. The van der Waals surface area contributed by atoms with E-state index in [2.05, 4.69) is 42.5 Å². The van der Waals surface area contributed by atoms with Crippen molar-refractivity contribution in [1.82, 2.24) is 9.62 Å². The molecule has 7 unspecified atom stereocenters.